The molecule has 0 radical (unpaired) electrons. The molecule has 0 aliphatic carbocycles. The van der Waals surface area contributed by atoms with E-state index in [0.717, 1.165) is 5.56 Å². The maximum atomic E-state index is 13.1. The Kier molecular flexibility index (Phi) is 4.12. The van der Waals surface area contributed by atoms with E-state index in [1.54, 1.807) is 36.4 Å². The molecule has 1 unspecified atom stereocenters. The second-order valence-electron chi connectivity index (χ2n) is 5.53. The van der Waals surface area contributed by atoms with Gasteiger partial charge in [-0.15, -0.1) is 0 Å². The molecule has 1 aliphatic rings. The first-order chi connectivity index (χ1) is 11.5. The summed E-state index contributed by atoms with van der Waals surface area (Å²) in [6.07, 6.45) is -1.11. The van der Waals surface area contributed by atoms with Crippen molar-refractivity contribution in [1.29, 1.82) is 0 Å². The monoisotopic (exact) mass is 327 g/mol. The molecule has 0 saturated carbocycles. The summed E-state index contributed by atoms with van der Waals surface area (Å²) in [5.74, 6) is -0.617. The van der Waals surface area contributed by atoms with Crippen LogP contribution in [-0.2, 0) is 4.79 Å². The number of methoxy groups -OCH3 is 1. The molecule has 124 valence electrons. The summed E-state index contributed by atoms with van der Waals surface area (Å²) < 4.78 is 10.7. The predicted molar refractivity (Wildman–Crippen MR) is 87.9 cm³/mol. The lowest BCUT2D eigenvalue weighted by Gasteiger charge is -2.33. The molecular weight excluding hydrogens is 310 g/mol. The fourth-order valence-corrected chi connectivity index (χ4v) is 2.69. The average Bonchev–Trinajstić information content (AvgIpc) is 2.60. The summed E-state index contributed by atoms with van der Waals surface area (Å²) in [5.41, 5.74) is 1.84. The van der Waals surface area contributed by atoms with Gasteiger partial charge in [-0.1, -0.05) is 23.8 Å². The van der Waals surface area contributed by atoms with Crippen molar-refractivity contribution in [2.45, 2.75) is 13.0 Å². The van der Waals surface area contributed by atoms with Crippen molar-refractivity contribution < 1.29 is 24.2 Å². The van der Waals surface area contributed by atoms with E-state index < -0.39 is 12.1 Å². The van der Waals surface area contributed by atoms with Gasteiger partial charge in [0.1, 0.15) is 11.5 Å². The Balaban J connectivity index is 2.06. The summed E-state index contributed by atoms with van der Waals surface area (Å²) >= 11 is 0. The molecule has 3 rings (SSSR count). The van der Waals surface area contributed by atoms with E-state index in [2.05, 4.69) is 0 Å². The minimum Gasteiger partial charge on any atom is -0.496 e. The fraction of sp³-hybridized carbons (Fsp3) is 0.222. The highest BCUT2D eigenvalue weighted by Crippen LogP contribution is 2.35. The molecule has 0 bridgehead atoms. The maximum absolute atomic E-state index is 13.1. The summed E-state index contributed by atoms with van der Waals surface area (Å²) in [6.45, 7) is 1.81. The summed E-state index contributed by atoms with van der Waals surface area (Å²) in [5, 5.41) is 9.29. The van der Waals surface area contributed by atoms with Crippen molar-refractivity contribution in [2.24, 2.45) is 0 Å². The first-order valence-electron chi connectivity index (χ1n) is 7.46. The van der Waals surface area contributed by atoms with Gasteiger partial charge in [-0.2, -0.15) is 0 Å². The van der Waals surface area contributed by atoms with Crippen LogP contribution in [0.3, 0.4) is 0 Å². The van der Waals surface area contributed by atoms with E-state index in [-0.39, 0.29) is 12.5 Å². The summed E-state index contributed by atoms with van der Waals surface area (Å²) in [4.78, 5) is 25.8. The number of amides is 1. The number of carboxylic acids is 1. The van der Waals surface area contributed by atoms with Crippen LogP contribution in [0.4, 0.5) is 5.69 Å². The fourth-order valence-electron chi connectivity index (χ4n) is 2.69. The molecule has 0 fully saturated rings. The Morgan fingerprint density at radius 2 is 2.00 bits per heavy atom. The number of rotatable bonds is 3. The van der Waals surface area contributed by atoms with Gasteiger partial charge in [-0.25, -0.2) is 4.79 Å². The molecule has 1 N–H and O–H groups in total. The molecule has 1 aliphatic heterocycles. The van der Waals surface area contributed by atoms with Crippen LogP contribution < -0.4 is 14.4 Å². The normalized spacial score (nSPS) is 16.1. The van der Waals surface area contributed by atoms with Crippen molar-refractivity contribution in [3.63, 3.8) is 0 Å². The van der Waals surface area contributed by atoms with Gasteiger partial charge in [0.05, 0.1) is 24.9 Å². The van der Waals surface area contributed by atoms with Crippen LogP contribution in [0.5, 0.6) is 11.5 Å². The van der Waals surface area contributed by atoms with Crippen molar-refractivity contribution in [3.8, 4) is 11.5 Å². The van der Waals surface area contributed by atoms with Crippen LogP contribution >= 0.6 is 0 Å². The zero-order chi connectivity index (χ0) is 17.3. The van der Waals surface area contributed by atoms with E-state index in [4.69, 9.17) is 9.47 Å². The van der Waals surface area contributed by atoms with Gasteiger partial charge in [0.15, 0.2) is 0 Å². The minimum absolute atomic E-state index is 0.0672. The number of benzene rings is 2. The Bertz CT molecular complexity index is 802. The molecular formula is C18H17NO5. The van der Waals surface area contributed by atoms with E-state index >= 15 is 0 Å². The number of aryl methyl sites for hydroxylation is 1. The molecule has 24 heavy (non-hydrogen) atoms. The Labute approximate surface area is 139 Å². The highest BCUT2D eigenvalue weighted by molar-refractivity contribution is 6.09. The average molecular weight is 327 g/mol. The summed E-state index contributed by atoms with van der Waals surface area (Å²) in [6, 6.07) is 12.2. The Morgan fingerprint density at radius 3 is 2.71 bits per heavy atom. The van der Waals surface area contributed by atoms with Crippen molar-refractivity contribution in [3.05, 3.63) is 53.6 Å². The smallest absolute Gasteiger partial charge is 0.346 e. The molecule has 1 atom stereocenters. The molecule has 0 saturated heterocycles. The zero-order valence-corrected chi connectivity index (χ0v) is 13.4. The second kappa shape index (κ2) is 6.23. The zero-order valence-electron chi connectivity index (χ0n) is 13.4. The third-order valence-corrected chi connectivity index (χ3v) is 3.88. The minimum atomic E-state index is -1.11. The van der Waals surface area contributed by atoms with Crippen LogP contribution in [0.2, 0.25) is 0 Å². The van der Waals surface area contributed by atoms with E-state index in [1.165, 1.54) is 12.0 Å². The number of ether oxygens (including phenoxy) is 2. The van der Waals surface area contributed by atoms with Gasteiger partial charge in [0.2, 0.25) is 6.10 Å². The van der Waals surface area contributed by atoms with Gasteiger partial charge >= 0.3 is 5.97 Å². The Morgan fingerprint density at radius 1 is 1.25 bits per heavy atom. The van der Waals surface area contributed by atoms with Gasteiger partial charge in [-0.05, 0) is 31.2 Å². The van der Waals surface area contributed by atoms with Crippen molar-refractivity contribution in [1.82, 2.24) is 0 Å². The van der Waals surface area contributed by atoms with Crippen molar-refractivity contribution >= 4 is 17.6 Å². The number of fused-ring (bicyclic) bond motifs is 1. The van der Waals surface area contributed by atoms with Crippen molar-refractivity contribution in [2.75, 3.05) is 18.6 Å². The molecule has 6 heteroatoms. The third kappa shape index (κ3) is 2.78. The second-order valence-corrected chi connectivity index (χ2v) is 5.53. The number of carbonyl (C=O) groups is 2. The molecule has 0 aromatic heterocycles. The predicted octanol–water partition coefficient (Wildman–Crippen LogP) is 2.50. The lowest BCUT2D eigenvalue weighted by molar-refractivity contribution is -0.144. The highest BCUT2D eigenvalue weighted by Gasteiger charge is 2.34. The Hall–Kier alpha value is -3.02. The van der Waals surface area contributed by atoms with E-state index in [9.17, 15) is 14.7 Å². The molecule has 0 spiro atoms. The van der Waals surface area contributed by atoms with Gasteiger partial charge in [-0.3, -0.25) is 4.79 Å². The number of anilines is 1. The maximum Gasteiger partial charge on any atom is 0.346 e. The number of hydrogen-bond donors (Lipinski definition) is 1. The molecule has 1 heterocycles. The van der Waals surface area contributed by atoms with E-state index in [1.807, 2.05) is 13.0 Å². The number of hydrogen-bond acceptors (Lipinski definition) is 4. The van der Waals surface area contributed by atoms with Crippen LogP contribution in [0.1, 0.15) is 15.9 Å². The van der Waals surface area contributed by atoms with Gasteiger partial charge < -0.3 is 19.5 Å². The van der Waals surface area contributed by atoms with E-state index in [0.29, 0.717) is 22.7 Å². The molecule has 6 nitrogen and oxygen atoms in total. The SMILES string of the molecule is COc1ccc(C)cc1C(=O)N1CC(C(=O)O)Oc2ccccc21. The summed E-state index contributed by atoms with van der Waals surface area (Å²) in [7, 11) is 1.49. The van der Waals surface area contributed by atoms with Crippen LogP contribution in [-0.4, -0.2) is 36.7 Å². The third-order valence-electron chi connectivity index (χ3n) is 3.88. The lowest BCUT2D eigenvalue weighted by atomic mass is 10.1. The molecule has 1 amide bonds. The molecule has 2 aromatic rings. The number of carboxylic acid groups (broad SMARTS) is 1. The largest absolute Gasteiger partial charge is 0.496 e. The number of aliphatic carboxylic acids is 1. The van der Waals surface area contributed by atoms with Gasteiger partial charge in [0, 0.05) is 0 Å². The van der Waals surface area contributed by atoms with Crippen LogP contribution in [0.25, 0.3) is 0 Å². The first kappa shape index (κ1) is 15.9. The quantitative estimate of drug-likeness (QED) is 0.937. The first-order valence-corrected chi connectivity index (χ1v) is 7.46. The van der Waals surface area contributed by atoms with Crippen LogP contribution in [0, 0.1) is 6.92 Å². The number of para-hydroxylation sites is 2. The number of carbonyl (C=O) groups excluding carboxylic acids is 1. The lowest BCUT2D eigenvalue weighted by Crippen LogP contribution is -2.47. The van der Waals surface area contributed by atoms with Crippen LogP contribution in [0.15, 0.2) is 42.5 Å². The number of nitrogens with zero attached hydrogens (tertiary/aromatic N) is 1. The topological polar surface area (TPSA) is 76.1 Å². The standard InChI is InChI=1S/C18H17NO5/c1-11-7-8-14(23-2)12(9-11)17(20)19-10-16(18(21)22)24-15-6-4-3-5-13(15)19/h3-9,16H,10H2,1-2H3,(H,21,22). The van der Waals surface area contributed by atoms with Gasteiger partial charge in [0.25, 0.3) is 5.91 Å². The highest BCUT2D eigenvalue weighted by atomic mass is 16.5. The molecule has 2 aromatic carbocycles.